The average molecular weight is 289 g/mol. The Morgan fingerprint density at radius 3 is 2.45 bits per heavy atom. The molecule has 0 saturated heterocycles. The maximum atomic E-state index is 5.94. The van der Waals surface area contributed by atoms with E-state index in [0.717, 1.165) is 28.2 Å². The van der Waals surface area contributed by atoms with Gasteiger partial charge in [0.05, 0.1) is 11.1 Å². The zero-order chi connectivity index (χ0) is 14.3. The van der Waals surface area contributed by atoms with Crippen LogP contribution in [-0.2, 0) is 0 Å². The number of hydrogen-bond donors (Lipinski definition) is 1. The van der Waals surface area contributed by atoms with Gasteiger partial charge in [0.15, 0.2) is 11.6 Å². The van der Waals surface area contributed by atoms with Gasteiger partial charge >= 0.3 is 0 Å². The molecule has 1 aromatic carbocycles. The first-order valence-corrected chi connectivity index (χ1v) is 6.52. The topological polar surface area (TPSA) is 65.2 Å². The van der Waals surface area contributed by atoms with Gasteiger partial charge in [-0.05, 0) is 37.6 Å². The number of aromatic nitrogens is 1. The lowest BCUT2D eigenvalue weighted by molar-refractivity contribution is 0.434. The lowest BCUT2D eigenvalue weighted by atomic mass is 10.0. The molecule has 0 spiro atoms. The molecule has 2 heterocycles. The van der Waals surface area contributed by atoms with Gasteiger partial charge in [-0.1, -0.05) is 28.9 Å². The highest BCUT2D eigenvalue weighted by Crippen LogP contribution is 2.39. The van der Waals surface area contributed by atoms with Crippen LogP contribution < -0.4 is 5.73 Å². The van der Waals surface area contributed by atoms with Crippen molar-refractivity contribution >= 4 is 17.4 Å². The summed E-state index contributed by atoms with van der Waals surface area (Å²) in [5.74, 6) is 2.54. The number of rotatable bonds is 2. The van der Waals surface area contributed by atoms with Crippen LogP contribution >= 0.6 is 11.6 Å². The van der Waals surface area contributed by atoms with Gasteiger partial charge in [0.1, 0.15) is 11.5 Å². The third kappa shape index (κ3) is 2.08. The Kier molecular flexibility index (Phi) is 3.03. The lowest BCUT2D eigenvalue weighted by Gasteiger charge is -2.02. The van der Waals surface area contributed by atoms with Gasteiger partial charge in [-0.3, -0.25) is 0 Å². The minimum atomic E-state index is 0.348. The van der Waals surface area contributed by atoms with Crippen molar-refractivity contribution in [2.24, 2.45) is 0 Å². The zero-order valence-corrected chi connectivity index (χ0v) is 11.9. The van der Waals surface area contributed by atoms with Crippen molar-refractivity contribution in [2.75, 3.05) is 5.73 Å². The third-order valence-electron chi connectivity index (χ3n) is 3.14. The van der Waals surface area contributed by atoms with Gasteiger partial charge in [0, 0.05) is 5.02 Å². The fourth-order valence-electron chi connectivity index (χ4n) is 2.24. The Labute approximate surface area is 121 Å². The predicted octanol–water partition coefficient (Wildman–Crippen LogP) is 4.45. The molecule has 0 unspecified atom stereocenters. The van der Waals surface area contributed by atoms with E-state index in [4.69, 9.17) is 26.3 Å². The predicted molar refractivity (Wildman–Crippen MR) is 78.5 cm³/mol. The summed E-state index contributed by atoms with van der Waals surface area (Å²) in [6.07, 6.45) is 0. The molecular weight excluding hydrogens is 276 g/mol. The van der Waals surface area contributed by atoms with Gasteiger partial charge < -0.3 is 14.7 Å². The summed E-state index contributed by atoms with van der Waals surface area (Å²) in [5, 5.41) is 4.54. The van der Waals surface area contributed by atoms with E-state index in [2.05, 4.69) is 5.16 Å². The summed E-state index contributed by atoms with van der Waals surface area (Å²) < 4.78 is 10.9. The fourth-order valence-corrected chi connectivity index (χ4v) is 2.36. The molecule has 0 fully saturated rings. The highest BCUT2D eigenvalue weighted by molar-refractivity contribution is 6.30. The maximum Gasteiger partial charge on any atom is 0.180 e. The molecule has 0 amide bonds. The largest absolute Gasteiger partial charge is 0.466 e. The van der Waals surface area contributed by atoms with Crippen LogP contribution in [0.1, 0.15) is 11.5 Å². The van der Waals surface area contributed by atoms with Crippen LogP contribution in [0.4, 0.5) is 5.82 Å². The molecule has 3 aromatic rings. The Morgan fingerprint density at radius 2 is 1.85 bits per heavy atom. The van der Waals surface area contributed by atoms with Crippen molar-refractivity contribution in [3.8, 4) is 22.5 Å². The van der Waals surface area contributed by atoms with E-state index in [1.165, 1.54) is 0 Å². The second kappa shape index (κ2) is 4.72. The Balaban J connectivity index is 2.19. The van der Waals surface area contributed by atoms with E-state index in [1.54, 1.807) is 12.1 Å². The number of hydrogen-bond acceptors (Lipinski definition) is 4. The van der Waals surface area contributed by atoms with Crippen molar-refractivity contribution < 1.29 is 8.94 Å². The van der Waals surface area contributed by atoms with Crippen molar-refractivity contribution in [3.63, 3.8) is 0 Å². The molecule has 0 atom stereocenters. The smallest absolute Gasteiger partial charge is 0.180 e. The molecule has 0 aliphatic heterocycles. The van der Waals surface area contributed by atoms with Crippen LogP contribution in [0, 0.1) is 13.8 Å². The van der Waals surface area contributed by atoms with E-state index in [1.807, 2.05) is 32.0 Å². The summed E-state index contributed by atoms with van der Waals surface area (Å²) in [6, 6.07) is 9.30. The number of nitrogens with zero attached hydrogens (tertiary/aromatic N) is 1. The van der Waals surface area contributed by atoms with Gasteiger partial charge in [0.2, 0.25) is 0 Å². The Bertz CT molecular complexity index is 757. The molecular formula is C15H13ClN2O2. The molecule has 0 saturated carbocycles. The standard InChI is InChI=1S/C15H13ClN2O2/c1-8-7-12(9(2)19-8)14-13(15(17)18-20-14)10-3-5-11(16)6-4-10/h3-7H,1-2H3,(H2,17,18). The minimum absolute atomic E-state index is 0.348. The molecule has 5 heteroatoms. The number of halogens is 1. The summed E-state index contributed by atoms with van der Waals surface area (Å²) in [5.41, 5.74) is 8.45. The van der Waals surface area contributed by atoms with Crippen LogP contribution in [0.25, 0.3) is 22.5 Å². The number of anilines is 1. The van der Waals surface area contributed by atoms with Crippen LogP contribution in [0.3, 0.4) is 0 Å². The van der Waals surface area contributed by atoms with Crippen LogP contribution in [0.15, 0.2) is 39.3 Å². The minimum Gasteiger partial charge on any atom is -0.466 e. The highest BCUT2D eigenvalue weighted by atomic mass is 35.5. The SMILES string of the molecule is Cc1cc(-c2onc(N)c2-c2ccc(Cl)cc2)c(C)o1. The van der Waals surface area contributed by atoms with Crippen molar-refractivity contribution in [3.05, 3.63) is 46.9 Å². The van der Waals surface area contributed by atoms with Gasteiger partial charge in [-0.15, -0.1) is 0 Å². The van der Waals surface area contributed by atoms with Crippen LogP contribution in [0.2, 0.25) is 5.02 Å². The van der Waals surface area contributed by atoms with E-state index in [0.29, 0.717) is 16.6 Å². The van der Waals surface area contributed by atoms with Gasteiger partial charge in [0.25, 0.3) is 0 Å². The molecule has 0 radical (unpaired) electrons. The van der Waals surface area contributed by atoms with Gasteiger partial charge in [-0.2, -0.15) is 0 Å². The first-order chi connectivity index (χ1) is 9.56. The molecule has 0 aliphatic carbocycles. The summed E-state index contributed by atoms with van der Waals surface area (Å²) in [7, 11) is 0. The summed E-state index contributed by atoms with van der Waals surface area (Å²) >= 11 is 5.91. The molecule has 102 valence electrons. The molecule has 3 rings (SSSR count). The molecule has 0 bridgehead atoms. The average Bonchev–Trinajstić information content (AvgIpc) is 2.93. The highest BCUT2D eigenvalue weighted by Gasteiger charge is 2.21. The third-order valence-corrected chi connectivity index (χ3v) is 3.39. The Morgan fingerprint density at radius 1 is 1.15 bits per heavy atom. The number of aryl methyl sites for hydroxylation is 2. The number of furan rings is 1. The van der Waals surface area contributed by atoms with Crippen molar-refractivity contribution in [1.82, 2.24) is 5.16 Å². The summed E-state index contributed by atoms with van der Waals surface area (Å²) in [6.45, 7) is 3.77. The molecule has 2 aromatic heterocycles. The van der Waals surface area contributed by atoms with Gasteiger partial charge in [-0.25, -0.2) is 0 Å². The van der Waals surface area contributed by atoms with E-state index in [9.17, 15) is 0 Å². The Hall–Kier alpha value is -2.20. The lowest BCUT2D eigenvalue weighted by Crippen LogP contribution is -1.88. The first-order valence-electron chi connectivity index (χ1n) is 6.14. The van der Waals surface area contributed by atoms with Crippen LogP contribution in [0.5, 0.6) is 0 Å². The summed E-state index contributed by atoms with van der Waals surface area (Å²) in [4.78, 5) is 0. The monoisotopic (exact) mass is 288 g/mol. The molecule has 0 aliphatic rings. The van der Waals surface area contributed by atoms with Crippen molar-refractivity contribution in [2.45, 2.75) is 13.8 Å². The number of nitrogens with two attached hydrogens (primary N) is 1. The van der Waals surface area contributed by atoms with E-state index < -0.39 is 0 Å². The molecule has 20 heavy (non-hydrogen) atoms. The van der Waals surface area contributed by atoms with E-state index in [-0.39, 0.29) is 0 Å². The molecule has 2 N–H and O–H groups in total. The van der Waals surface area contributed by atoms with Crippen molar-refractivity contribution in [1.29, 1.82) is 0 Å². The second-order valence-electron chi connectivity index (χ2n) is 4.61. The normalized spacial score (nSPS) is 10.9. The maximum absolute atomic E-state index is 5.94. The number of nitrogen functional groups attached to an aromatic ring is 1. The zero-order valence-electron chi connectivity index (χ0n) is 11.1. The number of benzene rings is 1. The first kappa shape index (κ1) is 12.8. The van der Waals surface area contributed by atoms with Crippen LogP contribution in [-0.4, -0.2) is 5.16 Å². The quantitative estimate of drug-likeness (QED) is 0.756. The molecule has 4 nitrogen and oxygen atoms in total. The second-order valence-corrected chi connectivity index (χ2v) is 5.04. The van der Waals surface area contributed by atoms with E-state index >= 15 is 0 Å². The fraction of sp³-hybridized carbons (Fsp3) is 0.133.